The van der Waals surface area contributed by atoms with E-state index in [4.69, 9.17) is 5.73 Å². The lowest BCUT2D eigenvalue weighted by atomic mass is 10.1. The van der Waals surface area contributed by atoms with Gasteiger partial charge in [0.15, 0.2) is 5.16 Å². The van der Waals surface area contributed by atoms with E-state index in [1.165, 1.54) is 16.3 Å². The largest absolute Gasteiger partial charge is 0.343 e. The molecule has 0 radical (unpaired) electrons. The normalized spacial score (nSPS) is 10.0. The third kappa shape index (κ3) is 3.28. The van der Waals surface area contributed by atoms with Crippen molar-refractivity contribution < 1.29 is 0 Å². The van der Waals surface area contributed by atoms with Crippen LogP contribution in [0.5, 0.6) is 0 Å². The van der Waals surface area contributed by atoms with Crippen LogP contribution >= 0.6 is 11.8 Å². The van der Waals surface area contributed by atoms with Gasteiger partial charge in [-0.3, -0.25) is 4.57 Å². The van der Waals surface area contributed by atoms with Gasteiger partial charge < -0.3 is 5.73 Å². The number of nitrogens with zero attached hydrogens (tertiary/aromatic N) is 2. The highest BCUT2D eigenvalue weighted by molar-refractivity contribution is 7.98. The summed E-state index contributed by atoms with van der Waals surface area (Å²) in [5.74, 6) is 6.60. The molecule has 0 unspecified atom stereocenters. The van der Waals surface area contributed by atoms with Gasteiger partial charge in [-0.25, -0.2) is 9.89 Å². The molecular weight excluding hydrogens is 260 g/mol. The molecule has 19 heavy (non-hydrogen) atoms. The van der Waals surface area contributed by atoms with Crippen LogP contribution in [0.25, 0.3) is 0 Å². The van der Waals surface area contributed by atoms with E-state index in [0.29, 0.717) is 17.5 Å². The second-order valence-corrected chi connectivity index (χ2v) is 4.76. The summed E-state index contributed by atoms with van der Waals surface area (Å²) in [5.41, 5.74) is 7.23. The summed E-state index contributed by atoms with van der Waals surface area (Å²) < 4.78 is 1.48. The van der Waals surface area contributed by atoms with E-state index < -0.39 is 0 Å². The fraction of sp³-hybridized carbons (Fsp3) is 0.231. The van der Waals surface area contributed by atoms with Crippen LogP contribution in [0.15, 0.2) is 34.2 Å². The summed E-state index contributed by atoms with van der Waals surface area (Å²) in [6, 6.07) is 7.88. The molecule has 0 spiro atoms. The number of rotatable bonds is 3. The van der Waals surface area contributed by atoms with Gasteiger partial charge in [0, 0.05) is 18.4 Å². The van der Waals surface area contributed by atoms with Gasteiger partial charge in [-0.2, -0.15) is 0 Å². The van der Waals surface area contributed by atoms with Crippen LogP contribution < -0.4 is 11.4 Å². The van der Waals surface area contributed by atoms with Crippen molar-refractivity contribution in [3.63, 3.8) is 0 Å². The Kier molecular flexibility index (Phi) is 4.44. The first-order valence-corrected chi connectivity index (χ1v) is 6.72. The SMILES string of the molecule is Cn1c(SCc2ccccc2C#CCN)n[nH]c1=O. The molecule has 0 fully saturated rings. The lowest BCUT2D eigenvalue weighted by Crippen LogP contribution is -2.12. The van der Waals surface area contributed by atoms with Crippen molar-refractivity contribution in [2.45, 2.75) is 10.9 Å². The van der Waals surface area contributed by atoms with Gasteiger partial charge in [-0.1, -0.05) is 41.8 Å². The first kappa shape index (κ1) is 13.5. The van der Waals surface area contributed by atoms with Crippen molar-refractivity contribution in [2.24, 2.45) is 12.8 Å². The van der Waals surface area contributed by atoms with E-state index in [1.54, 1.807) is 7.05 Å². The standard InChI is InChI=1S/C13H14N4OS/c1-17-12(18)15-16-13(17)19-9-11-6-3-2-5-10(11)7-4-8-14/h2-3,5-6H,8-9,14H2,1H3,(H,15,18). The van der Waals surface area contributed by atoms with Gasteiger partial charge in [0.2, 0.25) is 0 Å². The fourth-order valence-electron chi connectivity index (χ4n) is 1.52. The zero-order valence-corrected chi connectivity index (χ0v) is 11.3. The average molecular weight is 274 g/mol. The Balaban J connectivity index is 2.15. The molecule has 3 N–H and O–H groups in total. The molecule has 2 aromatic rings. The highest BCUT2D eigenvalue weighted by atomic mass is 32.2. The number of benzene rings is 1. The molecule has 1 aromatic carbocycles. The molecule has 1 heterocycles. The quantitative estimate of drug-likeness (QED) is 0.638. The second-order valence-electron chi connectivity index (χ2n) is 3.82. The molecule has 5 nitrogen and oxygen atoms in total. The smallest absolute Gasteiger partial charge is 0.320 e. The van der Waals surface area contributed by atoms with Gasteiger partial charge in [0.05, 0.1) is 6.54 Å². The third-order valence-electron chi connectivity index (χ3n) is 2.54. The zero-order chi connectivity index (χ0) is 13.7. The van der Waals surface area contributed by atoms with E-state index in [9.17, 15) is 4.79 Å². The van der Waals surface area contributed by atoms with Crippen molar-refractivity contribution in [2.75, 3.05) is 6.54 Å². The van der Waals surface area contributed by atoms with Gasteiger partial charge in [-0.15, -0.1) is 5.10 Å². The first-order chi connectivity index (χ1) is 9.22. The molecule has 0 aliphatic carbocycles. The van der Waals surface area contributed by atoms with Crippen molar-refractivity contribution in [1.82, 2.24) is 14.8 Å². The van der Waals surface area contributed by atoms with Crippen LogP contribution in [0.1, 0.15) is 11.1 Å². The number of H-pyrrole nitrogens is 1. The van der Waals surface area contributed by atoms with Gasteiger partial charge in [-0.05, 0) is 11.6 Å². The monoisotopic (exact) mass is 274 g/mol. The van der Waals surface area contributed by atoms with Crippen LogP contribution in [0.3, 0.4) is 0 Å². The van der Waals surface area contributed by atoms with Crippen LogP contribution in [0.2, 0.25) is 0 Å². The van der Waals surface area contributed by atoms with E-state index in [2.05, 4.69) is 22.0 Å². The van der Waals surface area contributed by atoms with Crippen molar-refractivity contribution in [3.8, 4) is 11.8 Å². The predicted molar refractivity (Wildman–Crippen MR) is 75.8 cm³/mol. The highest BCUT2D eigenvalue weighted by Crippen LogP contribution is 2.21. The summed E-state index contributed by atoms with van der Waals surface area (Å²) in [6.07, 6.45) is 0. The molecule has 6 heteroatoms. The molecule has 0 aliphatic rings. The Hall–Kier alpha value is -1.97. The minimum atomic E-state index is -0.210. The molecule has 0 aliphatic heterocycles. The van der Waals surface area contributed by atoms with E-state index >= 15 is 0 Å². The molecule has 0 bridgehead atoms. The number of aromatic nitrogens is 3. The number of thioether (sulfide) groups is 1. The molecule has 1 aromatic heterocycles. The van der Waals surface area contributed by atoms with E-state index in [0.717, 1.165) is 11.1 Å². The van der Waals surface area contributed by atoms with Crippen LogP contribution in [-0.2, 0) is 12.8 Å². The number of hydrogen-bond acceptors (Lipinski definition) is 4. The second kappa shape index (κ2) is 6.27. The summed E-state index contributed by atoms with van der Waals surface area (Å²) in [6.45, 7) is 0.343. The van der Waals surface area contributed by atoms with Crippen LogP contribution in [0.4, 0.5) is 0 Å². The molecular formula is C13H14N4OS. The van der Waals surface area contributed by atoms with Crippen molar-refractivity contribution >= 4 is 11.8 Å². The van der Waals surface area contributed by atoms with Gasteiger partial charge in [0.1, 0.15) is 0 Å². The molecule has 0 atom stereocenters. The van der Waals surface area contributed by atoms with Crippen LogP contribution in [-0.4, -0.2) is 21.3 Å². The maximum atomic E-state index is 11.3. The van der Waals surface area contributed by atoms with Crippen LogP contribution in [0, 0.1) is 11.8 Å². The fourth-order valence-corrected chi connectivity index (χ4v) is 2.44. The summed E-state index contributed by atoms with van der Waals surface area (Å²) in [5, 5.41) is 7.03. The first-order valence-electron chi connectivity index (χ1n) is 5.73. The Labute approximate surface area is 115 Å². The maximum absolute atomic E-state index is 11.3. The predicted octanol–water partition coefficient (Wildman–Crippen LogP) is 0.711. The number of nitrogens with two attached hydrogens (primary N) is 1. The minimum absolute atomic E-state index is 0.210. The third-order valence-corrected chi connectivity index (χ3v) is 3.62. The molecule has 2 rings (SSSR count). The molecule has 0 saturated heterocycles. The average Bonchev–Trinajstić information content (AvgIpc) is 2.75. The van der Waals surface area contributed by atoms with E-state index in [1.807, 2.05) is 24.3 Å². The summed E-state index contributed by atoms with van der Waals surface area (Å²) >= 11 is 1.49. The minimum Gasteiger partial charge on any atom is -0.320 e. The number of hydrogen-bond donors (Lipinski definition) is 2. The molecule has 98 valence electrons. The van der Waals surface area contributed by atoms with Crippen molar-refractivity contribution in [3.05, 3.63) is 45.9 Å². The lowest BCUT2D eigenvalue weighted by molar-refractivity contribution is 0.766. The van der Waals surface area contributed by atoms with Crippen molar-refractivity contribution in [1.29, 1.82) is 0 Å². The maximum Gasteiger partial charge on any atom is 0.343 e. The highest BCUT2D eigenvalue weighted by Gasteiger charge is 2.06. The topological polar surface area (TPSA) is 76.7 Å². The van der Waals surface area contributed by atoms with E-state index in [-0.39, 0.29) is 5.69 Å². The summed E-state index contributed by atoms with van der Waals surface area (Å²) in [7, 11) is 1.69. The number of nitrogens with one attached hydrogen (secondary N) is 1. The zero-order valence-electron chi connectivity index (χ0n) is 10.5. The molecule has 0 saturated carbocycles. The summed E-state index contributed by atoms with van der Waals surface area (Å²) in [4.78, 5) is 11.3. The van der Waals surface area contributed by atoms with Gasteiger partial charge in [0.25, 0.3) is 0 Å². The number of aromatic amines is 1. The Morgan fingerprint density at radius 1 is 1.47 bits per heavy atom. The Morgan fingerprint density at radius 2 is 2.26 bits per heavy atom. The molecule has 0 amide bonds. The Bertz CT molecular complexity index is 678. The lowest BCUT2D eigenvalue weighted by Gasteiger charge is -2.03. The Morgan fingerprint density at radius 3 is 2.95 bits per heavy atom. The van der Waals surface area contributed by atoms with Gasteiger partial charge >= 0.3 is 5.69 Å².